The summed E-state index contributed by atoms with van der Waals surface area (Å²) in [6, 6.07) is 12.0. The fourth-order valence-electron chi connectivity index (χ4n) is 3.33. The van der Waals surface area contributed by atoms with Gasteiger partial charge >= 0.3 is 0 Å². The van der Waals surface area contributed by atoms with E-state index in [-0.39, 0.29) is 22.9 Å². The van der Waals surface area contributed by atoms with Crippen molar-refractivity contribution in [2.45, 2.75) is 0 Å². The highest BCUT2D eigenvalue weighted by molar-refractivity contribution is 6.03. The van der Waals surface area contributed by atoms with E-state index >= 15 is 0 Å². The number of carbonyl (C=O) groups excluding carboxylic acids is 1. The zero-order valence-corrected chi connectivity index (χ0v) is 16.6. The number of rotatable bonds is 4. The van der Waals surface area contributed by atoms with Crippen LogP contribution in [-0.2, 0) is 0 Å². The van der Waals surface area contributed by atoms with Crippen molar-refractivity contribution in [1.82, 2.24) is 14.9 Å². The molecular formula is C22H23N5O3. The molecule has 0 atom stereocenters. The maximum absolute atomic E-state index is 12.5. The highest BCUT2D eigenvalue weighted by atomic mass is 16.3. The zero-order chi connectivity index (χ0) is 21.1. The second kappa shape index (κ2) is 8.38. The molecule has 2 aromatic carbocycles. The molecule has 3 aromatic rings. The first-order valence-electron chi connectivity index (χ1n) is 9.69. The molecule has 0 saturated carbocycles. The highest BCUT2D eigenvalue weighted by Gasteiger charge is 2.15. The van der Waals surface area contributed by atoms with Crippen LogP contribution < -0.4 is 10.2 Å². The third kappa shape index (κ3) is 4.33. The smallest absolute Gasteiger partial charge is 0.275 e. The first-order chi connectivity index (χ1) is 14.5. The summed E-state index contributed by atoms with van der Waals surface area (Å²) in [5.74, 6) is -0.821. The van der Waals surface area contributed by atoms with Gasteiger partial charge in [0.25, 0.3) is 5.91 Å². The van der Waals surface area contributed by atoms with Gasteiger partial charge in [-0.3, -0.25) is 9.78 Å². The van der Waals surface area contributed by atoms with Crippen LogP contribution in [-0.4, -0.2) is 64.2 Å². The van der Waals surface area contributed by atoms with Crippen molar-refractivity contribution >= 4 is 17.3 Å². The molecule has 0 bridgehead atoms. The van der Waals surface area contributed by atoms with Gasteiger partial charge in [-0.25, -0.2) is 4.98 Å². The van der Waals surface area contributed by atoms with Crippen LogP contribution in [0.3, 0.4) is 0 Å². The number of phenolic OH excluding ortho intramolecular Hbond substituents is 2. The van der Waals surface area contributed by atoms with Gasteiger partial charge in [-0.15, -0.1) is 0 Å². The Morgan fingerprint density at radius 3 is 2.43 bits per heavy atom. The summed E-state index contributed by atoms with van der Waals surface area (Å²) in [6.45, 7) is 4.08. The lowest BCUT2D eigenvalue weighted by atomic mass is 10.1. The number of aromatic nitrogens is 2. The number of hydrogen-bond donors (Lipinski definition) is 3. The van der Waals surface area contributed by atoms with Crippen molar-refractivity contribution in [3.8, 4) is 22.8 Å². The monoisotopic (exact) mass is 405 g/mol. The van der Waals surface area contributed by atoms with E-state index in [1.807, 2.05) is 12.1 Å². The summed E-state index contributed by atoms with van der Waals surface area (Å²) in [6.07, 6.45) is 2.98. The van der Waals surface area contributed by atoms with Crippen molar-refractivity contribution in [1.29, 1.82) is 0 Å². The van der Waals surface area contributed by atoms with Crippen LogP contribution in [0.2, 0.25) is 0 Å². The van der Waals surface area contributed by atoms with Gasteiger partial charge in [0.2, 0.25) is 0 Å². The number of phenols is 2. The second-order valence-electron chi connectivity index (χ2n) is 7.28. The van der Waals surface area contributed by atoms with Gasteiger partial charge in [0.15, 0.2) is 0 Å². The molecule has 2 heterocycles. The Morgan fingerprint density at radius 2 is 1.73 bits per heavy atom. The van der Waals surface area contributed by atoms with Crippen molar-refractivity contribution in [3.63, 3.8) is 0 Å². The van der Waals surface area contributed by atoms with Crippen LogP contribution in [0.5, 0.6) is 11.5 Å². The van der Waals surface area contributed by atoms with E-state index in [9.17, 15) is 15.0 Å². The zero-order valence-electron chi connectivity index (χ0n) is 16.6. The van der Waals surface area contributed by atoms with Crippen LogP contribution in [0.25, 0.3) is 11.3 Å². The van der Waals surface area contributed by atoms with E-state index in [0.29, 0.717) is 5.69 Å². The van der Waals surface area contributed by atoms with Gasteiger partial charge in [-0.2, -0.15) is 0 Å². The van der Waals surface area contributed by atoms with Crippen LogP contribution in [0.4, 0.5) is 11.4 Å². The standard InChI is InChI=1S/C22H23N5O3/c1-26-8-10-27(11-9-26)16-4-2-15(3-5-16)19-13-23-14-20(24-19)22(30)25-18-7-6-17(28)12-21(18)29/h2-7,12-14,28-29H,8-11H2,1H3,(H,25,30). The van der Waals surface area contributed by atoms with E-state index < -0.39 is 5.91 Å². The first-order valence-corrected chi connectivity index (χ1v) is 9.69. The average molecular weight is 405 g/mol. The average Bonchev–Trinajstić information content (AvgIpc) is 2.76. The number of piperazine rings is 1. The molecule has 1 amide bonds. The lowest BCUT2D eigenvalue weighted by molar-refractivity contribution is 0.102. The Hall–Kier alpha value is -3.65. The number of nitrogens with one attached hydrogen (secondary N) is 1. The van der Waals surface area contributed by atoms with Gasteiger partial charge in [0, 0.05) is 43.5 Å². The minimum atomic E-state index is -0.501. The Morgan fingerprint density at radius 1 is 1.00 bits per heavy atom. The molecular weight excluding hydrogens is 382 g/mol. The number of likely N-dealkylation sites (N-methyl/N-ethyl adjacent to an activating group) is 1. The molecule has 3 N–H and O–H groups in total. The molecule has 154 valence electrons. The molecule has 1 aliphatic rings. The Kier molecular flexibility index (Phi) is 5.49. The summed E-state index contributed by atoms with van der Waals surface area (Å²) in [5.41, 5.74) is 2.92. The third-order valence-electron chi connectivity index (χ3n) is 5.13. The first kappa shape index (κ1) is 19.7. The van der Waals surface area contributed by atoms with Gasteiger partial charge < -0.3 is 25.3 Å². The molecule has 4 rings (SSSR count). The molecule has 8 heteroatoms. The number of amides is 1. The van der Waals surface area contributed by atoms with Crippen molar-refractivity contribution in [2.24, 2.45) is 0 Å². The maximum atomic E-state index is 12.5. The number of hydrogen-bond acceptors (Lipinski definition) is 7. The fourth-order valence-corrected chi connectivity index (χ4v) is 3.33. The second-order valence-corrected chi connectivity index (χ2v) is 7.28. The summed E-state index contributed by atoms with van der Waals surface area (Å²) in [4.78, 5) is 25.7. The third-order valence-corrected chi connectivity index (χ3v) is 5.13. The summed E-state index contributed by atoms with van der Waals surface area (Å²) in [5, 5.41) is 21.8. The van der Waals surface area contributed by atoms with E-state index in [1.54, 1.807) is 6.20 Å². The largest absolute Gasteiger partial charge is 0.508 e. The lowest BCUT2D eigenvalue weighted by Crippen LogP contribution is -2.44. The molecule has 30 heavy (non-hydrogen) atoms. The number of benzene rings is 2. The summed E-state index contributed by atoms with van der Waals surface area (Å²) < 4.78 is 0. The van der Waals surface area contributed by atoms with Crippen LogP contribution in [0.15, 0.2) is 54.9 Å². The van der Waals surface area contributed by atoms with Crippen LogP contribution in [0, 0.1) is 0 Å². The molecule has 8 nitrogen and oxygen atoms in total. The quantitative estimate of drug-likeness (QED) is 0.453. The predicted molar refractivity (Wildman–Crippen MR) is 115 cm³/mol. The van der Waals surface area contributed by atoms with Gasteiger partial charge in [-0.1, -0.05) is 12.1 Å². The van der Waals surface area contributed by atoms with E-state index in [2.05, 4.69) is 44.3 Å². The van der Waals surface area contributed by atoms with Crippen LogP contribution >= 0.6 is 0 Å². The molecule has 0 radical (unpaired) electrons. The van der Waals surface area contributed by atoms with Gasteiger partial charge in [0.1, 0.15) is 17.2 Å². The minimum Gasteiger partial charge on any atom is -0.508 e. The molecule has 1 aromatic heterocycles. The van der Waals surface area contributed by atoms with Crippen molar-refractivity contribution < 1.29 is 15.0 Å². The number of nitrogens with zero attached hydrogens (tertiary/aromatic N) is 4. The molecule has 1 saturated heterocycles. The van der Waals surface area contributed by atoms with Crippen molar-refractivity contribution in [3.05, 3.63) is 60.6 Å². The van der Waals surface area contributed by atoms with Crippen molar-refractivity contribution in [2.75, 3.05) is 43.4 Å². The lowest BCUT2D eigenvalue weighted by Gasteiger charge is -2.34. The highest BCUT2D eigenvalue weighted by Crippen LogP contribution is 2.28. The van der Waals surface area contributed by atoms with Crippen LogP contribution in [0.1, 0.15) is 10.5 Å². The summed E-state index contributed by atoms with van der Waals surface area (Å²) >= 11 is 0. The molecule has 1 aliphatic heterocycles. The molecule has 0 spiro atoms. The Balaban J connectivity index is 1.49. The topological polar surface area (TPSA) is 102 Å². The predicted octanol–water partition coefficient (Wildman–Crippen LogP) is 2.56. The maximum Gasteiger partial charge on any atom is 0.275 e. The normalized spacial score (nSPS) is 14.5. The molecule has 0 aliphatic carbocycles. The number of carbonyl (C=O) groups is 1. The Bertz CT molecular complexity index is 1050. The van der Waals surface area contributed by atoms with Gasteiger partial charge in [0.05, 0.1) is 23.8 Å². The van der Waals surface area contributed by atoms with Gasteiger partial charge in [-0.05, 0) is 31.3 Å². The molecule has 1 fully saturated rings. The van der Waals surface area contributed by atoms with E-state index in [0.717, 1.165) is 43.5 Å². The fraction of sp³-hybridized carbons (Fsp3) is 0.227. The van der Waals surface area contributed by atoms with E-state index in [4.69, 9.17) is 0 Å². The Labute approximate surface area is 174 Å². The SMILES string of the molecule is CN1CCN(c2ccc(-c3cncc(C(=O)Nc4ccc(O)cc4O)n3)cc2)CC1. The van der Waals surface area contributed by atoms with E-state index in [1.165, 1.54) is 18.3 Å². The number of anilines is 2. The summed E-state index contributed by atoms with van der Waals surface area (Å²) in [7, 11) is 2.13. The molecule has 0 unspecified atom stereocenters. The minimum absolute atomic E-state index is 0.0905. The number of aromatic hydroxyl groups is 2.